The Bertz CT molecular complexity index is 421. The van der Waals surface area contributed by atoms with Crippen molar-refractivity contribution in [1.82, 2.24) is 4.90 Å². The minimum absolute atomic E-state index is 0.627. The summed E-state index contributed by atoms with van der Waals surface area (Å²) in [6, 6.07) is 7.06. The quantitative estimate of drug-likeness (QED) is 0.771. The molecular formula is C16H24BrNO. The molecule has 1 saturated carbocycles. The van der Waals surface area contributed by atoms with Crippen molar-refractivity contribution < 1.29 is 4.74 Å². The van der Waals surface area contributed by atoms with Gasteiger partial charge in [0.2, 0.25) is 0 Å². The zero-order valence-electron chi connectivity index (χ0n) is 12.2. The van der Waals surface area contributed by atoms with E-state index in [1.165, 1.54) is 36.8 Å². The summed E-state index contributed by atoms with van der Waals surface area (Å²) in [4.78, 5) is 3.10. The van der Waals surface area contributed by atoms with Crippen LogP contribution in [-0.2, 0) is 6.54 Å². The number of benzene rings is 1. The molecule has 1 aromatic rings. The van der Waals surface area contributed by atoms with Gasteiger partial charge in [0.1, 0.15) is 5.75 Å². The van der Waals surface area contributed by atoms with E-state index in [-0.39, 0.29) is 0 Å². The zero-order chi connectivity index (χ0) is 13.8. The Morgan fingerprint density at radius 1 is 1.32 bits per heavy atom. The average molecular weight is 326 g/mol. The molecule has 0 radical (unpaired) electrons. The Balaban J connectivity index is 2.09. The number of rotatable bonds is 4. The number of aryl methyl sites for hydroxylation is 1. The highest BCUT2D eigenvalue weighted by molar-refractivity contribution is 9.09. The minimum atomic E-state index is 0.627. The van der Waals surface area contributed by atoms with E-state index in [2.05, 4.69) is 53.0 Å². The number of methoxy groups -OCH3 is 1. The minimum Gasteiger partial charge on any atom is -0.496 e. The van der Waals surface area contributed by atoms with Crippen molar-refractivity contribution in [1.29, 1.82) is 0 Å². The van der Waals surface area contributed by atoms with Crippen molar-refractivity contribution in [3.63, 3.8) is 0 Å². The van der Waals surface area contributed by atoms with Crippen molar-refractivity contribution in [2.24, 2.45) is 0 Å². The largest absolute Gasteiger partial charge is 0.496 e. The van der Waals surface area contributed by atoms with E-state index in [4.69, 9.17) is 4.74 Å². The van der Waals surface area contributed by atoms with Crippen LogP contribution in [0.25, 0.3) is 0 Å². The normalized spacial score (nSPS) is 23.6. The SMILES string of the molecule is COc1ccc(C)cc1CN(C)C1CCCCC1Br. The van der Waals surface area contributed by atoms with Gasteiger partial charge in [0, 0.05) is 23.0 Å². The molecule has 1 aliphatic carbocycles. The van der Waals surface area contributed by atoms with Gasteiger partial charge in [-0.1, -0.05) is 46.5 Å². The lowest BCUT2D eigenvalue weighted by Gasteiger charge is -2.35. The topological polar surface area (TPSA) is 12.5 Å². The van der Waals surface area contributed by atoms with Crippen LogP contribution in [0, 0.1) is 6.92 Å². The van der Waals surface area contributed by atoms with Gasteiger partial charge < -0.3 is 4.74 Å². The molecule has 0 N–H and O–H groups in total. The van der Waals surface area contributed by atoms with Gasteiger partial charge in [0.25, 0.3) is 0 Å². The number of nitrogens with zero attached hydrogens (tertiary/aromatic N) is 1. The van der Waals surface area contributed by atoms with E-state index in [0.29, 0.717) is 10.9 Å². The molecule has 19 heavy (non-hydrogen) atoms. The number of ether oxygens (including phenoxy) is 1. The van der Waals surface area contributed by atoms with E-state index in [1.54, 1.807) is 7.11 Å². The molecule has 1 aliphatic rings. The van der Waals surface area contributed by atoms with Crippen LogP contribution in [0.5, 0.6) is 5.75 Å². The van der Waals surface area contributed by atoms with Gasteiger partial charge in [0.05, 0.1) is 7.11 Å². The molecule has 1 aromatic carbocycles. The maximum atomic E-state index is 5.48. The second-order valence-electron chi connectivity index (χ2n) is 5.60. The summed E-state index contributed by atoms with van der Waals surface area (Å²) in [7, 11) is 3.98. The summed E-state index contributed by atoms with van der Waals surface area (Å²) in [5.41, 5.74) is 2.58. The van der Waals surface area contributed by atoms with Crippen LogP contribution in [0.1, 0.15) is 36.8 Å². The standard InChI is InChI=1S/C16H24BrNO/c1-12-8-9-16(19-3)13(10-12)11-18(2)15-7-5-4-6-14(15)17/h8-10,14-15H,4-7,11H2,1-3H3. The first-order chi connectivity index (χ1) is 9.11. The molecule has 106 valence electrons. The molecule has 0 saturated heterocycles. The first-order valence-corrected chi connectivity index (χ1v) is 8.01. The van der Waals surface area contributed by atoms with Gasteiger partial charge in [-0.2, -0.15) is 0 Å². The van der Waals surface area contributed by atoms with Crippen LogP contribution >= 0.6 is 15.9 Å². The lowest BCUT2D eigenvalue weighted by Crippen LogP contribution is -2.40. The first-order valence-electron chi connectivity index (χ1n) is 7.09. The predicted molar refractivity (Wildman–Crippen MR) is 84.2 cm³/mol. The zero-order valence-corrected chi connectivity index (χ0v) is 13.7. The molecule has 2 nitrogen and oxygen atoms in total. The third-order valence-electron chi connectivity index (χ3n) is 4.07. The summed E-state index contributed by atoms with van der Waals surface area (Å²) in [6.07, 6.45) is 5.29. The third kappa shape index (κ3) is 3.73. The highest BCUT2D eigenvalue weighted by Gasteiger charge is 2.26. The third-order valence-corrected chi connectivity index (χ3v) is 5.14. The smallest absolute Gasteiger partial charge is 0.123 e. The lowest BCUT2D eigenvalue weighted by molar-refractivity contribution is 0.191. The van der Waals surface area contributed by atoms with E-state index < -0.39 is 0 Å². The van der Waals surface area contributed by atoms with Gasteiger partial charge >= 0.3 is 0 Å². The fourth-order valence-corrected chi connectivity index (χ4v) is 3.97. The van der Waals surface area contributed by atoms with Crippen molar-refractivity contribution >= 4 is 15.9 Å². The predicted octanol–water partition coefficient (Wildman–Crippen LogP) is 4.14. The average Bonchev–Trinajstić information content (AvgIpc) is 2.39. The van der Waals surface area contributed by atoms with Crippen molar-refractivity contribution in [3.05, 3.63) is 29.3 Å². The van der Waals surface area contributed by atoms with Gasteiger partial charge in [-0.05, 0) is 32.9 Å². The van der Waals surface area contributed by atoms with Crippen molar-refractivity contribution in [3.8, 4) is 5.75 Å². The Hall–Kier alpha value is -0.540. The summed E-state index contributed by atoms with van der Waals surface area (Å²) in [5, 5.41) is 0. The van der Waals surface area contributed by atoms with E-state index in [9.17, 15) is 0 Å². The van der Waals surface area contributed by atoms with Gasteiger partial charge in [-0.15, -0.1) is 0 Å². The van der Waals surface area contributed by atoms with Crippen LogP contribution in [0.3, 0.4) is 0 Å². The molecule has 3 heteroatoms. The maximum absolute atomic E-state index is 5.48. The van der Waals surface area contributed by atoms with Crippen molar-refractivity contribution in [2.75, 3.05) is 14.2 Å². The van der Waals surface area contributed by atoms with E-state index in [1.807, 2.05) is 0 Å². The number of alkyl halides is 1. The highest BCUT2D eigenvalue weighted by Crippen LogP contribution is 2.30. The van der Waals surface area contributed by atoms with Crippen LogP contribution in [0.15, 0.2) is 18.2 Å². The monoisotopic (exact) mass is 325 g/mol. The second kappa shape index (κ2) is 6.76. The Morgan fingerprint density at radius 2 is 2.05 bits per heavy atom. The fraction of sp³-hybridized carbons (Fsp3) is 0.625. The lowest BCUT2D eigenvalue weighted by atomic mass is 9.94. The molecular weight excluding hydrogens is 302 g/mol. The summed E-state index contributed by atoms with van der Waals surface area (Å²) in [5.74, 6) is 0.999. The van der Waals surface area contributed by atoms with E-state index in [0.717, 1.165) is 12.3 Å². The molecule has 2 atom stereocenters. The van der Waals surface area contributed by atoms with E-state index >= 15 is 0 Å². The summed E-state index contributed by atoms with van der Waals surface area (Å²) < 4.78 is 5.48. The molecule has 0 heterocycles. The molecule has 2 rings (SSSR count). The Morgan fingerprint density at radius 3 is 2.74 bits per heavy atom. The number of halogens is 1. The van der Waals surface area contributed by atoms with Crippen LogP contribution < -0.4 is 4.74 Å². The fourth-order valence-electron chi connectivity index (χ4n) is 2.98. The maximum Gasteiger partial charge on any atom is 0.123 e. The molecule has 0 spiro atoms. The summed E-state index contributed by atoms with van der Waals surface area (Å²) in [6.45, 7) is 3.09. The van der Waals surface area contributed by atoms with Gasteiger partial charge in [-0.3, -0.25) is 4.90 Å². The van der Waals surface area contributed by atoms with Crippen molar-refractivity contribution in [2.45, 2.75) is 50.0 Å². The van der Waals surface area contributed by atoms with Crippen LogP contribution in [0.4, 0.5) is 0 Å². The molecule has 2 unspecified atom stereocenters. The molecule has 1 fully saturated rings. The molecule has 0 amide bonds. The molecule has 0 bridgehead atoms. The van der Waals surface area contributed by atoms with Gasteiger partial charge in [-0.25, -0.2) is 0 Å². The van der Waals surface area contributed by atoms with Crippen LogP contribution in [-0.4, -0.2) is 29.9 Å². The van der Waals surface area contributed by atoms with Crippen LogP contribution in [0.2, 0.25) is 0 Å². The Labute approximate surface area is 125 Å². The second-order valence-corrected chi connectivity index (χ2v) is 6.77. The number of hydrogen-bond acceptors (Lipinski definition) is 2. The molecule has 0 aromatic heterocycles. The first kappa shape index (κ1) is 14.9. The Kier molecular flexibility index (Phi) is 5.28. The highest BCUT2D eigenvalue weighted by atomic mass is 79.9. The summed E-state index contributed by atoms with van der Waals surface area (Å²) >= 11 is 3.85. The molecule has 0 aliphatic heterocycles. The number of hydrogen-bond donors (Lipinski definition) is 0. The van der Waals surface area contributed by atoms with Gasteiger partial charge in [0.15, 0.2) is 0 Å².